The summed E-state index contributed by atoms with van der Waals surface area (Å²) in [6.07, 6.45) is 1.50. The molecule has 0 saturated heterocycles. The van der Waals surface area contributed by atoms with Gasteiger partial charge in [-0.05, 0) is 31.9 Å². The van der Waals surface area contributed by atoms with Crippen molar-refractivity contribution in [2.45, 2.75) is 20.8 Å². The predicted octanol–water partition coefficient (Wildman–Crippen LogP) is 2.75. The fourth-order valence-corrected chi connectivity index (χ4v) is 0.663. The summed E-state index contributed by atoms with van der Waals surface area (Å²) in [6, 6.07) is 8.36. The van der Waals surface area contributed by atoms with Gasteiger partial charge in [-0.25, -0.2) is 25.2 Å². The van der Waals surface area contributed by atoms with E-state index < -0.39 is 5.97 Å². The van der Waals surface area contributed by atoms with Crippen LogP contribution >= 0.6 is 0 Å². The molecular weight excluding hydrogens is 260 g/mol. The number of aryl methyl sites for hydroxylation is 2. The van der Waals surface area contributed by atoms with Crippen molar-refractivity contribution in [3.8, 4) is 0 Å². The topological polar surface area (TPSA) is 119 Å². The highest BCUT2D eigenvalue weighted by atomic mass is 16.4. The van der Waals surface area contributed by atoms with Crippen molar-refractivity contribution >= 4 is 18.1 Å². The predicted molar refractivity (Wildman–Crippen MR) is 75.2 cm³/mol. The molecule has 108 valence electrons. The summed E-state index contributed by atoms with van der Waals surface area (Å²) < 4.78 is 0. The first-order valence-electron chi connectivity index (χ1n) is 5.27. The third-order valence-corrected chi connectivity index (χ3v) is 1.79. The Kier molecular flexibility index (Phi) is 18.1. The van der Waals surface area contributed by atoms with Gasteiger partial charge in [-0.3, -0.25) is 0 Å². The Hall–Kier alpha value is -2.81. The molecule has 0 spiro atoms. The van der Waals surface area contributed by atoms with E-state index in [1.165, 1.54) is 18.1 Å². The van der Waals surface area contributed by atoms with Gasteiger partial charge in [-0.1, -0.05) is 30.8 Å². The maximum absolute atomic E-state index is 9.60. The molecule has 0 unspecified atom stereocenters. The summed E-state index contributed by atoms with van der Waals surface area (Å²) in [5, 5.41) is 18.7. The maximum atomic E-state index is 9.60. The van der Waals surface area contributed by atoms with Crippen LogP contribution in [0.15, 0.2) is 36.4 Å². The molecule has 0 aromatic heterocycles. The zero-order chi connectivity index (χ0) is 16.6. The second-order valence-electron chi connectivity index (χ2n) is 3.37. The lowest BCUT2D eigenvalue weighted by Crippen LogP contribution is -1.92. The van der Waals surface area contributed by atoms with Gasteiger partial charge in [-0.15, -0.1) is 0 Å². The van der Waals surface area contributed by atoms with Gasteiger partial charge in [0.25, 0.3) is 0 Å². The normalized spacial score (nSPS) is 6.75. The molecule has 0 aliphatic rings. The highest BCUT2D eigenvalue weighted by molar-refractivity contribution is 5.84. The van der Waals surface area contributed by atoms with Crippen LogP contribution in [-0.4, -0.2) is 23.2 Å². The Morgan fingerprint density at radius 3 is 1.40 bits per heavy atom. The number of rotatable bonds is 1. The van der Waals surface area contributed by atoms with Gasteiger partial charge in [-0.2, -0.15) is 0 Å². The van der Waals surface area contributed by atoms with Crippen LogP contribution in [0.5, 0.6) is 0 Å². The van der Waals surface area contributed by atoms with E-state index in [-0.39, 0.29) is 5.57 Å². The highest BCUT2D eigenvalue weighted by Crippen LogP contribution is 2.02. The van der Waals surface area contributed by atoms with Gasteiger partial charge in [0.2, 0.25) is 12.2 Å². The van der Waals surface area contributed by atoms with Crippen molar-refractivity contribution in [2.24, 2.45) is 0 Å². The molecule has 0 radical (unpaired) electrons. The molecule has 6 nitrogen and oxygen atoms in total. The Bertz CT molecular complexity index is 439. The van der Waals surface area contributed by atoms with E-state index in [1.807, 2.05) is 0 Å². The summed E-state index contributed by atoms with van der Waals surface area (Å²) in [4.78, 5) is 26.3. The second kappa shape index (κ2) is 16.2. The summed E-state index contributed by atoms with van der Waals surface area (Å²) in [7, 11) is 0. The average Bonchev–Trinajstić information content (AvgIpc) is 2.35. The monoisotopic (exact) mass is 278 g/mol. The van der Waals surface area contributed by atoms with Crippen LogP contribution in [0.4, 0.5) is 0 Å². The molecule has 0 bridgehead atoms. The lowest BCUT2D eigenvalue weighted by molar-refractivity contribution is -0.132. The molecule has 0 aliphatic carbocycles. The second-order valence-corrected chi connectivity index (χ2v) is 3.37. The van der Waals surface area contributed by atoms with Gasteiger partial charge in [0.15, 0.2) is 0 Å². The molecule has 1 aromatic rings. The van der Waals surface area contributed by atoms with Crippen molar-refractivity contribution in [2.75, 3.05) is 0 Å². The summed E-state index contributed by atoms with van der Waals surface area (Å²) in [5.74, 6) is -0.935. The van der Waals surface area contributed by atoms with Crippen LogP contribution in [0.25, 0.3) is 0 Å². The molecule has 1 aromatic carbocycles. The number of carbonyl (C=O) groups excluding carboxylic acids is 2. The number of nitrogens with one attached hydrogen (secondary N) is 2. The van der Waals surface area contributed by atoms with Crippen molar-refractivity contribution in [1.29, 1.82) is 10.8 Å². The molecular formula is C14H18N2O4. The molecule has 3 N–H and O–H groups in total. The molecule has 0 fully saturated rings. The number of carbonyl (C=O) groups is 1. The molecule has 0 heterocycles. The lowest BCUT2D eigenvalue weighted by Gasteiger charge is -1.93. The fourth-order valence-electron chi connectivity index (χ4n) is 0.663. The Morgan fingerprint density at radius 2 is 1.30 bits per heavy atom. The molecule has 0 amide bonds. The van der Waals surface area contributed by atoms with Crippen molar-refractivity contribution < 1.29 is 19.5 Å². The number of carboxylic acids is 1. The van der Waals surface area contributed by atoms with Gasteiger partial charge in [0.05, 0.1) is 0 Å². The molecule has 0 atom stereocenters. The number of benzene rings is 1. The van der Waals surface area contributed by atoms with E-state index in [0.29, 0.717) is 0 Å². The van der Waals surface area contributed by atoms with Crippen LogP contribution in [0.2, 0.25) is 0 Å². The zero-order valence-corrected chi connectivity index (χ0v) is 11.7. The van der Waals surface area contributed by atoms with Crippen LogP contribution in [0.3, 0.4) is 0 Å². The molecule has 20 heavy (non-hydrogen) atoms. The zero-order valence-electron chi connectivity index (χ0n) is 11.7. The standard InChI is InChI=1S/C8H10.C4H6O2.2CHNO/c1-7-5-3-4-6-8(7)2;1-3(2)4(5)6;2*2-1-3/h3-6H,1-2H3;1H2,2H3,(H,5,6);2*2H. The lowest BCUT2D eigenvalue weighted by atomic mass is 10.1. The SMILES string of the molecule is C=C(C)C(=O)O.Cc1ccccc1C.N=C=O.N=C=O. The first kappa shape index (κ1) is 22.4. The number of isocyanates is 2. The van der Waals surface area contributed by atoms with Crippen LogP contribution in [-0.2, 0) is 14.4 Å². The van der Waals surface area contributed by atoms with E-state index in [0.717, 1.165) is 12.2 Å². The van der Waals surface area contributed by atoms with E-state index >= 15 is 0 Å². The van der Waals surface area contributed by atoms with Gasteiger partial charge < -0.3 is 5.11 Å². The minimum absolute atomic E-state index is 0.176. The number of carboxylic acid groups (broad SMARTS) is 1. The molecule has 6 heteroatoms. The van der Waals surface area contributed by atoms with Crippen molar-refractivity contribution in [1.82, 2.24) is 0 Å². The van der Waals surface area contributed by atoms with Crippen LogP contribution in [0.1, 0.15) is 18.1 Å². The third kappa shape index (κ3) is 20.6. The first-order chi connectivity index (χ1) is 9.28. The van der Waals surface area contributed by atoms with E-state index in [1.54, 1.807) is 0 Å². The maximum Gasteiger partial charge on any atom is 0.330 e. The number of hydrogen-bond acceptors (Lipinski definition) is 5. The van der Waals surface area contributed by atoms with Gasteiger partial charge in [0.1, 0.15) is 0 Å². The molecule has 0 aliphatic heterocycles. The fraction of sp³-hybridized carbons (Fsp3) is 0.214. The molecule has 1 rings (SSSR count). The third-order valence-electron chi connectivity index (χ3n) is 1.79. The van der Waals surface area contributed by atoms with Crippen LogP contribution in [0, 0.1) is 24.7 Å². The van der Waals surface area contributed by atoms with Crippen molar-refractivity contribution in [3.05, 3.63) is 47.5 Å². The molecule has 0 saturated carbocycles. The van der Waals surface area contributed by atoms with Crippen LogP contribution < -0.4 is 0 Å². The minimum Gasteiger partial charge on any atom is -0.478 e. The average molecular weight is 278 g/mol. The summed E-state index contributed by atoms with van der Waals surface area (Å²) >= 11 is 0. The number of aliphatic carboxylic acids is 1. The Morgan fingerprint density at radius 1 is 1.10 bits per heavy atom. The smallest absolute Gasteiger partial charge is 0.330 e. The first-order valence-corrected chi connectivity index (χ1v) is 5.27. The van der Waals surface area contributed by atoms with Gasteiger partial charge >= 0.3 is 5.97 Å². The Labute approximate surface area is 117 Å². The quantitative estimate of drug-likeness (QED) is 0.415. The summed E-state index contributed by atoms with van der Waals surface area (Å²) in [6.45, 7) is 8.84. The largest absolute Gasteiger partial charge is 0.478 e. The Balaban J connectivity index is -0.000000214. The van der Waals surface area contributed by atoms with E-state index in [2.05, 4.69) is 44.7 Å². The highest BCUT2D eigenvalue weighted by Gasteiger charge is 1.90. The summed E-state index contributed by atoms with van der Waals surface area (Å²) in [5.41, 5.74) is 2.91. The minimum atomic E-state index is -0.935. The number of hydrogen-bond donors (Lipinski definition) is 3. The van der Waals surface area contributed by atoms with E-state index in [9.17, 15) is 4.79 Å². The van der Waals surface area contributed by atoms with Gasteiger partial charge in [0, 0.05) is 5.57 Å². The van der Waals surface area contributed by atoms with Crippen molar-refractivity contribution in [3.63, 3.8) is 0 Å². The van der Waals surface area contributed by atoms with E-state index in [4.69, 9.17) is 25.5 Å².